The molecule has 1 aliphatic rings. The van der Waals surface area contributed by atoms with Crippen molar-refractivity contribution in [2.24, 2.45) is 0 Å². The van der Waals surface area contributed by atoms with Crippen molar-refractivity contribution in [3.63, 3.8) is 0 Å². The van der Waals surface area contributed by atoms with Crippen molar-refractivity contribution in [3.05, 3.63) is 59.2 Å². The summed E-state index contributed by atoms with van der Waals surface area (Å²) in [5.74, 6) is 0. The number of hydrogen-bond acceptors (Lipinski definition) is 1. The van der Waals surface area contributed by atoms with E-state index in [1.807, 2.05) is 7.11 Å². The summed E-state index contributed by atoms with van der Waals surface area (Å²) in [7, 11) is 1.82. The molecule has 1 heteroatoms. The van der Waals surface area contributed by atoms with Crippen molar-refractivity contribution in [2.45, 2.75) is 32.3 Å². The molecule has 1 aliphatic carbocycles. The average molecular weight is 252 g/mol. The number of aryl methyl sites for hydroxylation is 2. The van der Waals surface area contributed by atoms with Crippen LogP contribution in [0.1, 0.15) is 23.1 Å². The summed E-state index contributed by atoms with van der Waals surface area (Å²) in [5.41, 5.74) is 6.89. The Morgan fingerprint density at radius 1 is 0.947 bits per heavy atom. The number of methoxy groups -OCH3 is 1. The largest absolute Gasteiger partial charge is 0.381 e. The van der Waals surface area contributed by atoms with Gasteiger partial charge in [-0.15, -0.1) is 0 Å². The van der Waals surface area contributed by atoms with Gasteiger partial charge in [-0.3, -0.25) is 0 Å². The summed E-state index contributed by atoms with van der Waals surface area (Å²) in [6.07, 6.45) is 3.73. The number of rotatable bonds is 2. The summed E-state index contributed by atoms with van der Waals surface area (Å²) < 4.78 is 5.48. The molecule has 1 unspecified atom stereocenters. The first-order valence-corrected chi connectivity index (χ1v) is 6.98. The zero-order valence-corrected chi connectivity index (χ0v) is 11.6. The highest BCUT2D eigenvalue weighted by Crippen LogP contribution is 2.28. The van der Waals surface area contributed by atoms with E-state index in [0.717, 1.165) is 19.3 Å². The van der Waals surface area contributed by atoms with Gasteiger partial charge in [-0.2, -0.15) is 0 Å². The number of benzene rings is 2. The minimum atomic E-state index is 0.401. The summed E-state index contributed by atoms with van der Waals surface area (Å²) in [5, 5.41) is 0. The SMILES string of the molecule is COC1CCc2cc(-c3ccc(C)cc3)ccc2C1. The molecular weight excluding hydrogens is 232 g/mol. The van der Waals surface area contributed by atoms with Crippen molar-refractivity contribution >= 4 is 0 Å². The molecule has 3 rings (SSSR count). The minimum Gasteiger partial charge on any atom is -0.381 e. The van der Waals surface area contributed by atoms with Gasteiger partial charge in [-0.05, 0) is 48.4 Å². The summed E-state index contributed by atoms with van der Waals surface area (Å²) in [6, 6.07) is 15.6. The second-order valence-corrected chi connectivity index (χ2v) is 5.45. The lowest BCUT2D eigenvalue weighted by molar-refractivity contribution is 0.0911. The lowest BCUT2D eigenvalue weighted by Gasteiger charge is -2.24. The van der Waals surface area contributed by atoms with Crippen LogP contribution >= 0.6 is 0 Å². The van der Waals surface area contributed by atoms with Crippen LogP contribution in [-0.2, 0) is 17.6 Å². The van der Waals surface area contributed by atoms with E-state index in [-0.39, 0.29) is 0 Å². The highest BCUT2D eigenvalue weighted by atomic mass is 16.5. The molecule has 2 aromatic rings. The molecule has 1 nitrogen and oxygen atoms in total. The van der Waals surface area contributed by atoms with Crippen molar-refractivity contribution in [2.75, 3.05) is 7.11 Å². The van der Waals surface area contributed by atoms with Crippen LogP contribution in [0.4, 0.5) is 0 Å². The Hall–Kier alpha value is -1.60. The third kappa shape index (κ3) is 2.57. The molecule has 0 fully saturated rings. The molecule has 0 spiro atoms. The van der Waals surface area contributed by atoms with Gasteiger partial charge in [0.25, 0.3) is 0 Å². The minimum absolute atomic E-state index is 0.401. The van der Waals surface area contributed by atoms with Crippen LogP contribution in [0.15, 0.2) is 42.5 Å². The van der Waals surface area contributed by atoms with Gasteiger partial charge in [0, 0.05) is 7.11 Å². The number of fused-ring (bicyclic) bond motifs is 1. The zero-order valence-electron chi connectivity index (χ0n) is 11.6. The van der Waals surface area contributed by atoms with Gasteiger partial charge in [0.05, 0.1) is 6.10 Å². The maximum absolute atomic E-state index is 5.48. The first-order valence-electron chi connectivity index (χ1n) is 6.98. The van der Waals surface area contributed by atoms with Crippen LogP contribution in [-0.4, -0.2) is 13.2 Å². The fourth-order valence-corrected chi connectivity index (χ4v) is 2.85. The number of hydrogen-bond donors (Lipinski definition) is 0. The molecule has 0 bridgehead atoms. The van der Waals surface area contributed by atoms with Crippen molar-refractivity contribution in [1.29, 1.82) is 0 Å². The Kier molecular flexibility index (Phi) is 3.39. The van der Waals surface area contributed by atoms with Gasteiger partial charge in [0.15, 0.2) is 0 Å². The summed E-state index contributed by atoms with van der Waals surface area (Å²) in [4.78, 5) is 0. The Labute approximate surface area is 115 Å². The van der Waals surface area contributed by atoms with E-state index in [9.17, 15) is 0 Å². The first-order chi connectivity index (χ1) is 9.26. The third-order valence-electron chi connectivity index (χ3n) is 4.11. The van der Waals surface area contributed by atoms with E-state index in [4.69, 9.17) is 4.74 Å². The molecular formula is C18H20O. The van der Waals surface area contributed by atoms with Crippen LogP contribution in [0, 0.1) is 6.92 Å². The maximum atomic E-state index is 5.48. The molecule has 1 atom stereocenters. The van der Waals surface area contributed by atoms with Crippen molar-refractivity contribution in [3.8, 4) is 11.1 Å². The lowest BCUT2D eigenvalue weighted by Crippen LogP contribution is -2.20. The Morgan fingerprint density at radius 2 is 1.68 bits per heavy atom. The van der Waals surface area contributed by atoms with E-state index in [1.165, 1.54) is 27.8 Å². The van der Waals surface area contributed by atoms with Crippen LogP contribution in [0.5, 0.6) is 0 Å². The molecule has 0 N–H and O–H groups in total. The highest BCUT2D eigenvalue weighted by Gasteiger charge is 2.18. The van der Waals surface area contributed by atoms with Gasteiger partial charge in [0.1, 0.15) is 0 Å². The second kappa shape index (κ2) is 5.18. The molecule has 0 amide bonds. The van der Waals surface area contributed by atoms with Crippen molar-refractivity contribution < 1.29 is 4.74 Å². The number of ether oxygens (including phenoxy) is 1. The molecule has 0 radical (unpaired) electrons. The Balaban J connectivity index is 1.92. The summed E-state index contributed by atoms with van der Waals surface area (Å²) >= 11 is 0. The molecule has 0 aromatic heterocycles. The van der Waals surface area contributed by atoms with E-state index in [0.29, 0.717) is 6.10 Å². The first kappa shape index (κ1) is 12.4. The van der Waals surface area contributed by atoms with Gasteiger partial charge in [0.2, 0.25) is 0 Å². The predicted molar refractivity (Wildman–Crippen MR) is 79.4 cm³/mol. The quantitative estimate of drug-likeness (QED) is 0.779. The highest BCUT2D eigenvalue weighted by molar-refractivity contribution is 5.65. The molecule has 0 aliphatic heterocycles. The predicted octanol–water partition coefficient (Wildman–Crippen LogP) is 4.17. The monoisotopic (exact) mass is 252 g/mol. The molecule has 19 heavy (non-hydrogen) atoms. The van der Waals surface area contributed by atoms with E-state index in [2.05, 4.69) is 49.4 Å². The van der Waals surface area contributed by atoms with Gasteiger partial charge in [-0.1, -0.05) is 48.0 Å². The van der Waals surface area contributed by atoms with Crippen LogP contribution in [0.2, 0.25) is 0 Å². The third-order valence-corrected chi connectivity index (χ3v) is 4.11. The standard InChI is InChI=1S/C18H20O/c1-13-3-5-14(6-4-13)15-7-8-17-12-18(19-2)10-9-16(17)11-15/h3-8,11,18H,9-10,12H2,1-2H3. The zero-order chi connectivity index (χ0) is 13.2. The van der Waals surface area contributed by atoms with Crippen molar-refractivity contribution in [1.82, 2.24) is 0 Å². The molecule has 0 heterocycles. The molecule has 0 saturated carbocycles. The molecule has 0 saturated heterocycles. The van der Waals surface area contributed by atoms with Crippen LogP contribution in [0.3, 0.4) is 0 Å². The van der Waals surface area contributed by atoms with Crippen LogP contribution < -0.4 is 0 Å². The van der Waals surface area contributed by atoms with Gasteiger partial charge in [-0.25, -0.2) is 0 Å². The van der Waals surface area contributed by atoms with E-state index >= 15 is 0 Å². The Bertz CT molecular complexity index is 569. The normalized spacial score (nSPS) is 18.1. The van der Waals surface area contributed by atoms with Crippen LogP contribution in [0.25, 0.3) is 11.1 Å². The van der Waals surface area contributed by atoms with Gasteiger partial charge < -0.3 is 4.74 Å². The molecule has 2 aromatic carbocycles. The maximum Gasteiger partial charge on any atom is 0.0614 e. The summed E-state index contributed by atoms with van der Waals surface area (Å²) in [6.45, 7) is 2.13. The Morgan fingerprint density at radius 3 is 2.42 bits per heavy atom. The lowest BCUT2D eigenvalue weighted by atomic mass is 9.87. The van der Waals surface area contributed by atoms with Gasteiger partial charge >= 0.3 is 0 Å². The smallest absolute Gasteiger partial charge is 0.0614 e. The molecule has 98 valence electrons. The topological polar surface area (TPSA) is 9.23 Å². The van der Waals surface area contributed by atoms with E-state index in [1.54, 1.807) is 0 Å². The second-order valence-electron chi connectivity index (χ2n) is 5.45. The fourth-order valence-electron chi connectivity index (χ4n) is 2.85. The average Bonchev–Trinajstić information content (AvgIpc) is 2.47. The fraction of sp³-hybridized carbons (Fsp3) is 0.333. The van der Waals surface area contributed by atoms with E-state index < -0.39 is 0 Å².